The Labute approximate surface area is 194 Å². The number of aryl methyl sites for hydroxylation is 2. The number of methoxy groups -OCH3 is 1. The van der Waals surface area contributed by atoms with Crippen LogP contribution in [0, 0.1) is 13.8 Å². The lowest BCUT2D eigenvalue weighted by molar-refractivity contribution is 0.288. The van der Waals surface area contributed by atoms with Crippen molar-refractivity contribution in [3.05, 3.63) is 59.0 Å². The van der Waals surface area contributed by atoms with Gasteiger partial charge >= 0.3 is 0 Å². The van der Waals surface area contributed by atoms with Crippen molar-refractivity contribution >= 4 is 39.1 Å². The van der Waals surface area contributed by atoms with E-state index in [-0.39, 0.29) is 6.61 Å². The normalized spacial score (nSPS) is 11.1. The van der Waals surface area contributed by atoms with Crippen LogP contribution in [0.4, 0.5) is 5.82 Å². The molecule has 0 aliphatic carbocycles. The Kier molecular flexibility index (Phi) is 6.61. The zero-order valence-corrected chi connectivity index (χ0v) is 19.8. The summed E-state index contributed by atoms with van der Waals surface area (Å²) < 4.78 is 13.0. The van der Waals surface area contributed by atoms with E-state index in [9.17, 15) is 0 Å². The van der Waals surface area contributed by atoms with Gasteiger partial charge in [-0.3, -0.25) is 4.57 Å². The highest BCUT2D eigenvalue weighted by Gasteiger charge is 2.16. The first kappa shape index (κ1) is 22.1. The van der Waals surface area contributed by atoms with Crippen molar-refractivity contribution in [3.8, 4) is 11.5 Å². The van der Waals surface area contributed by atoms with Gasteiger partial charge in [0.1, 0.15) is 34.6 Å². The molecule has 0 radical (unpaired) electrons. The van der Waals surface area contributed by atoms with E-state index in [1.54, 1.807) is 18.4 Å². The van der Waals surface area contributed by atoms with Crippen LogP contribution < -0.4 is 15.2 Å². The van der Waals surface area contributed by atoms with E-state index >= 15 is 0 Å². The third-order valence-corrected chi connectivity index (χ3v) is 7.03. The molecule has 0 spiro atoms. The fraction of sp³-hybridized carbons (Fsp3) is 0.273. The zero-order chi connectivity index (χ0) is 22.7. The van der Waals surface area contributed by atoms with Crippen molar-refractivity contribution in [3.63, 3.8) is 0 Å². The SMILES string of the molecule is C=CCn1c(COc2ccc(OC)cc2)nnc1SCc1nc(N)c2c(C)c(C)sc2n1. The fourth-order valence-electron chi connectivity index (χ4n) is 3.19. The number of nitrogens with two attached hydrogens (primary N) is 1. The number of thioether (sulfide) groups is 1. The summed E-state index contributed by atoms with van der Waals surface area (Å²) in [5.41, 5.74) is 7.36. The molecule has 4 aromatic rings. The molecule has 2 N–H and O–H groups in total. The second kappa shape index (κ2) is 9.58. The van der Waals surface area contributed by atoms with Gasteiger partial charge in [0.25, 0.3) is 0 Å². The highest BCUT2D eigenvalue weighted by molar-refractivity contribution is 7.98. The number of nitrogens with zero attached hydrogens (tertiary/aromatic N) is 5. The summed E-state index contributed by atoms with van der Waals surface area (Å²) in [5.74, 6) is 3.94. The molecule has 0 aliphatic rings. The molecular weight excluding hydrogens is 444 g/mol. The molecule has 0 fully saturated rings. The Bertz CT molecular complexity index is 1250. The quantitative estimate of drug-likeness (QED) is 0.282. The van der Waals surface area contributed by atoms with Crippen LogP contribution in [0.25, 0.3) is 10.2 Å². The molecule has 0 unspecified atom stereocenters. The summed E-state index contributed by atoms with van der Waals surface area (Å²) in [6.07, 6.45) is 1.81. The fourth-order valence-corrected chi connectivity index (χ4v) is 5.06. The van der Waals surface area contributed by atoms with Gasteiger partial charge in [0, 0.05) is 11.4 Å². The first-order valence-corrected chi connectivity index (χ1v) is 11.7. The van der Waals surface area contributed by atoms with E-state index in [4.69, 9.17) is 20.2 Å². The largest absolute Gasteiger partial charge is 0.497 e. The average molecular weight is 469 g/mol. The van der Waals surface area contributed by atoms with E-state index in [0.29, 0.717) is 29.8 Å². The molecule has 8 nitrogen and oxygen atoms in total. The van der Waals surface area contributed by atoms with Gasteiger partial charge in [-0.05, 0) is 43.7 Å². The Morgan fingerprint density at radius 2 is 1.91 bits per heavy atom. The number of aromatic nitrogens is 5. The first-order chi connectivity index (χ1) is 15.5. The third kappa shape index (κ3) is 4.56. The standard InChI is InChI=1S/C22H24N6O2S2/c1-5-10-28-18(11-30-16-8-6-15(29-4)7-9-16)26-27-22(28)31-12-17-24-20(23)19-13(2)14(3)32-21(19)25-17/h5-9H,1,10-12H2,2-4H3,(H2,23,24,25). The van der Waals surface area contributed by atoms with Gasteiger partial charge in [-0.15, -0.1) is 28.1 Å². The summed E-state index contributed by atoms with van der Waals surface area (Å²) in [4.78, 5) is 11.3. The van der Waals surface area contributed by atoms with Crippen molar-refractivity contribution in [2.24, 2.45) is 0 Å². The minimum Gasteiger partial charge on any atom is -0.497 e. The summed E-state index contributed by atoms with van der Waals surface area (Å²) in [6, 6.07) is 7.41. The number of fused-ring (bicyclic) bond motifs is 1. The molecule has 166 valence electrons. The van der Waals surface area contributed by atoms with Crippen LogP contribution in [-0.4, -0.2) is 31.8 Å². The van der Waals surface area contributed by atoms with Gasteiger partial charge in [-0.2, -0.15) is 0 Å². The average Bonchev–Trinajstić information content (AvgIpc) is 3.31. The van der Waals surface area contributed by atoms with Crippen LogP contribution in [0.2, 0.25) is 0 Å². The number of hydrogen-bond acceptors (Lipinski definition) is 9. The molecule has 0 bridgehead atoms. The summed E-state index contributed by atoms with van der Waals surface area (Å²) in [6.45, 7) is 8.83. The van der Waals surface area contributed by atoms with Crippen LogP contribution in [0.5, 0.6) is 11.5 Å². The highest BCUT2D eigenvalue weighted by atomic mass is 32.2. The summed E-state index contributed by atoms with van der Waals surface area (Å²) >= 11 is 3.15. The monoisotopic (exact) mass is 468 g/mol. The molecule has 0 atom stereocenters. The summed E-state index contributed by atoms with van der Waals surface area (Å²) in [5, 5.41) is 10.3. The zero-order valence-electron chi connectivity index (χ0n) is 18.2. The lowest BCUT2D eigenvalue weighted by Gasteiger charge is -2.09. The molecule has 3 aromatic heterocycles. The van der Waals surface area contributed by atoms with Crippen molar-refractivity contribution in [2.75, 3.05) is 12.8 Å². The minimum absolute atomic E-state index is 0.289. The number of anilines is 1. The predicted octanol–water partition coefficient (Wildman–Crippen LogP) is 4.55. The van der Waals surface area contributed by atoms with Crippen molar-refractivity contribution in [1.82, 2.24) is 24.7 Å². The van der Waals surface area contributed by atoms with E-state index in [1.165, 1.54) is 16.6 Å². The van der Waals surface area contributed by atoms with Crippen molar-refractivity contribution in [1.29, 1.82) is 0 Å². The van der Waals surface area contributed by atoms with E-state index < -0.39 is 0 Å². The van der Waals surface area contributed by atoms with E-state index in [0.717, 1.165) is 32.4 Å². The van der Waals surface area contributed by atoms with Crippen molar-refractivity contribution in [2.45, 2.75) is 37.9 Å². The molecule has 0 aliphatic heterocycles. The van der Waals surface area contributed by atoms with Crippen LogP contribution in [0.3, 0.4) is 0 Å². The predicted molar refractivity (Wildman–Crippen MR) is 128 cm³/mol. The minimum atomic E-state index is 0.289. The maximum Gasteiger partial charge on any atom is 0.192 e. The Hall–Kier alpha value is -3.11. The molecule has 0 amide bonds. The van der Waals surface area contributed by atoms with Crippen LogP contribution in [-0.2, 0) is 18.9 Å². The molecule has 0 saturated heterocycles. The highest BCUT2D eigenvalue weighted by Crippen LogP contribution is 2.33. The van der Waals surface area contributed by atoms with Crippen LogP contribution >= 0.6 is 23.1 Å². The number of rotatable bonds is 9. The number of benzene rings is 1. The molecule has 3 heterocycles. The number of thiophene rings is 1. The Morgan fingerprint density at radius 3 is 2.62 bits per heavy atom. The molecule has 10 heteroatoms. The molecule has 1 aromatic carbocycles. The maximum absolute atomic E-state index is 6.21. The number of allylic oxidation sites excluding steroid dienone is 1. The maximum atomic E-state index is 6.21. The Balaban J connectivity index is 1.48. The van der Waals surface area contributed by atoms with Crippen molar-refractivity contribution < 1.29 is 9.47 Å². The molecule has 0 saturated carbocycles. The van der Waals surface area contributed by atoms with Crippen LogP contribution in [0.1, 0.15) is 22.1 Å². The number of ether oxygens (including phenoxy) is 2. The van der Waals surface area contributed by atoms with Gasteiger partial charge in [-0.1, -0.05) is 17.8 Å². The molecule has 32 heavy (non-hydrogen) atoms. The van der Waals surface area contributed by atoms with E-state index in [1.807, 2.05) is 34.9 Å². The van der Waals surface area contributed by atoms with Gasteiger partial charge in [-0.25, -0.2) is 9.97 Å². The number of nitrogen functional groups attached to an aromatic ring is 1. The van der Waals surface area contributed by atoms with Gasteiger partial charge < -0.3 is 15.2 Å². The summed E-state index contributed by atoms with van der Waals surface area (Å²) in [7, 11) is 1.63. The second-order valence-electron chi connectivity index (χ2n) is 7.04. The van der Waals surface area contributed by atoms with Crippen LogP contribution in [0.15, 0.2) is 42.1 Å². The van der Waals surface area contributed by atoms with Gasteiger partial charge in [0.15, 0.2) is 11.0 Å². The Morgan fingerprint density at radius 1 is 1.16 bits per heavy atom. The third-order valence-electron chi connectivity index (χ3n) is 4.97. The number of hydrogen-bond donors (Lipinski definition) is 1. The van der Waals surface area contributed by atoms with E-state index in [2.05, 4.69) is 35.6 Å². The lowest BCUT2D eigenvalue weighted by Crippen LogP contribution is -2.07. The molecular formula is C22H24N6O2S2. The lowest BCUT2D eigenvalue weighted by atomic mass is 10.2. The smallest absolute Gasteiger partial charge is 0.192 e. The molecule has 4 rings (SSSR count). The van der Waals surface area contributed by atoms with Gasteiger partial charge in [0.05, 0.1) is 18.2 Å². The van der Waals surface area contributed by atoms with Gasteiger partial charge in [0.2, 0.25) is 0 Å². The first-order valence-electron chi connectivity index (χ1n) is 9.94. The second-order valence-corrected chi connectivity index (χ2v) is 9.19. The topological polar surface area (TPSA) is 101 Å².